The predicted octanol–water partition coefficient (Wildman–Crippen LogP) is 1.64. The highest BCUT2D eigenvalue weighted by molar-refractivity contribution is 7.98. The van der Waals surface area contributed by atoms with Gasteiger partial charge < -0.3 is 4.98 Å². The number of aromatic nitrogens is 2. The summed E-state index contributed by atoms with van der Waals surface area (Å²) >= 11 is 1.61. The van der Waals surface area contributed by atoms with Crippen LogP contribution in [0.2, 0.25) is 0 Å². The van der Waals surface area contributed by atoms with Crippen LogP contribution in [0.5, 0.6) is 0 Å². The SMILES string of the molecule is CSc1ccc2[nH]cnc(=O)c2c1. The van der Waals surface area contributed by atoms with Gasteiger partial charge in [-0.15, -0.1) is 11.8 Å². The number of thioether (sulfide) groups is 1. The minimum atomic E-state index is -0.176. The number of fused-ring (bicyclic) bond motifs is 1. The van der Waals surface area contributed by atoms with Crippen LogP contribution in [-0.2, 0) is 0 Å². The van der Waals surface area contributed by atoms with E-state index in [4.69, 9.17) is 0 Å². The molecule has 2 rings (SSSR count). The fourth-order valence-electron chi connectivity index (χ4n) is 1.18. The Kier molecular flexibility index (Phi) is 2.06. The minimum Gasteiger partial charge on any atom is -0.346 e. The lowest BCUT2D eigenvalue weighted by molar-refractivity contribution is 1.17. The number of hydrogen-bond acceptors (Lipinski definition) is 3. The fraction of sp³-hybridized carbons (Fsp3) is 0.111. The predicted molar refractivity (Wildman–Crippen MR) is 54.1 cm³/mol. The summed E-state index contributed by atoms with van der Waals surface area (Å²) in [5.41, 5.74) is 0.655. The van der Waals surface area contributed by atoms with Crippen LogP contribution >= 0.6 is 11.8 Å². The summed E-state index contributed by atoms with van der Waals surface area (Å²) in [7, 11) is 0. The van der Waals surface area contributed by atoms with Crippen molar-refractivity contribution in [2.45, 2.75) is 4.90 Å². The van der Waals surface area contributed by atoms with Crippen molar-refractivity contribution in [1.29, 1.82) is 0 Å². The molecule has 0 spiro atoms. The van der Waals surface area contributed by atoms with Gasteiger partial charge in [0.15, 0.2) is 0 Å². The van der Waals surface area contributed by atoms with Crippen LogP contribution in [0.15, 0.2) is 34.2 Å². The van der Waals surface area contributed by atoms with Crippen molar-refractivity contribution in [3.05, 3.63) is 34.9 Å². The number of nitrogens with one attached hydrogen (secondary N) is 1. The van der Waals surface area contributed by atoms with Crippen molar-refractivity contribution in [3.8, 4) is 0 Å². The molecule has 0 atom stereocenters. The Balaban J connectivity index is 2.82. The van der Waals surface area contributed by atoms with Gasteiger partial charge in [-0.25, -0.2) is 0 Å². The molecule has 3 nitrogen and oxygen atoms in total. The molecule has 0 aliphatic carbocycles. The zero-order valence-corrected chi connectivity index (χ0v) is 7.89. The van der Waals surface area contributed by atoms with Crippen molar-refractivity contribution in [2.75, 3.05) is 6.26 Å². The molecule has 1 heterocycles. The highest BCUT2D eigenvalue weighted by Crippen LogP contribution is 2.17. The number of aromatic amines is 1. The average Bonchev–Trinajstić information content (AvgIpc) is 2.18. The van der Waals surface area contributed by atoms with Gasteiger partial charge in [0, 0.05) is 4.90 Å². The Morgan fingerprint density at radius 1 is 1.46 bits per heavy atom. The van der Waals surface area contributed by atoms with Crippen molar-refractivity contribution in [2.24, 2.45) is 0 Å². The van der Waals surface area contributed by atoms with E-state index in [9.17, 15) is 4.79 Å². The number of H-pyrrole nitrogens is 1. The molecule has 0 saturated heterocycles. The molecule has 66 valence electrons. The number of hydrogen-bond donors (Lipinski definition) is 1. The largest absolute Gasteiger partial charge is 0.346 e. The maximum Gasteiger partial charge on any atom is 0.280 e. The molecule has 1 aromatic heterocycles. The molecule has 0 bridgehead atoms. The topological polar surface area (TPSA) is 45.8 Å². The van der Waals surface area contributed by atoms with Crippen LogP contribution in [-0.4, -0.2) is 16.2 Å². The maximum atomic E-state index is 11.3. The molecule has 0 unspecified atom stereocenters. The summed E-state index contributed by atoms with van der Waals surface area (Å²) in [5, 5.41) is 0.648. The van der Waals surface area contributed by atoms with E-state index < -0.39 is 0 Å². The molecular formula is C9H8N2OS. The summed E-state index contributed by atoms with van der Waals surface area (Å²) in [6.07, 6.45) is 3.40. The Morgan fingerprint density at radius 2 is 2.31 bits per heavy atom. The normalized spacial score (nSPS) is 10.5. The standard InChI is InChI=1S/C9H8N2OS/c1-13-6-2-3-8-7(4-6)9(12)11-5-10-8/h2-5H,1H3,(H,10,11,12). The first-order valence-corrected chi connectivity index (χ1v) is 5.05. The third kappa shape index (κ3) is 1.45. The molecule has 0 radical (unpaired) electrons. The quantitative estimate of drug-likeness (QED) is 0.699. The third-order valence-corrected chi connectivity index (χ3v) is 2.58. The van der Waals surface area contributed by atoms with Crippen molar-refractivity contribution >= 4 is 22.7 Å². The second kappa shape index (κ2) is 3.22. The van der Waals surface area contributed by atoms with Gasteiger partial charge in [-0.05, 0) is 24.5 Å². The smallest absolute Gasteiger partial charge is 0.280 e. The van der Waals surface area contributed by atoms with E-state index in [-0.39, 0.29) is 5.56 Å². The third-order valence-electron chi connectivity index (χ3n) is 1.86. The summed E-state index contributed by atoms with van der Waals surface area (Å²) in [6, 6.07) is 5.72. The van der Waals surface area contributed by atoms with Crippen LogP contribution in [0.25, 0.3) is 10.9 Å². The van der Waals surface area contributed by atoms with Crippen LogP contribution in [0.4, 0.5) is 0 Å². The van der Waals surface area contributed by atoms with Crippen molar-refractivity contribution < 1.29 is 0 Å². The van der Waals surface area contributed by atoms with Gasteiger partial charge in [-0.3, -0.25) is 4.79 Å². The molecule has 1 aromatic carbocycles. The zero-order valence-electron chi connectivity index (χ0n) is 7.07. The molecule has 4 heteroatoms. The van der Waals surface area contributed by atoms with Crippen molar-refractivity contribution in [1.82, 2.24) is 9.97 Å². The Labute approximate surface area is 79.2 Å². The molecule has 0 fully saturated rings. The molecule has 1 N–H and O–H groups in total. The van der Waals surface area contributed by atoms with Crippen LogP contribution < -0.4 is 5.56 Å². The average molecular weight is 192 g/mol. The molecule has 0 saturated carbocycles. The summed E-state index contributed by atoms with van der Waals surface area (Å²) in [4.78, 5) is 19.0. The lowest BCUT2D eigenvalue weighted by Crippen LogP contribution is -2.05. The summed E-state index contributed by atoms with van der Waals surface area (Å²) in [6.45, 7) is 0. The highest BCUT2D eigenvalue weighted by atomic mass is 32.2. The van der Waals surface area contributed by atoms with Gasteiger partial charge in [0.05, 0.1) is 17.2 Å². The van der Waals surface area contributed by atoms with Crippen molar-refractivity contribution in [3.63, 3.8) is 0 Å². The Hall–Kier alpha value is -1.29. The first-order valence-electron chi connectivity index (χ1n) is 3.83. The molecule has 0 amide bonds. The molecule has 0 aliphatic heterocycles. The first-order chi connectivity index (χ1) is 6.31. The van der Waals surface area contributed by atoms with Gasteiger partial charge >= 0.3 is 0 Å². The van der Waals surface area contributed by atoms with Gasteiger partial charge in [-0.2, -0.15) is 4.98 Å². The van der Waals surface area contributed by atoms with E-state index in [1.807, 2.05) is 24.5 Å². The van der Waals surface area contributed by atoms with Crippen LogP contribution in [0, 0.1) is 0 Å². The zero-order chi connectivity index (χ0) is 9.26. The number of nitrogens with zero attached hydrogens (tertiary/aromatic N) is 1. The lowest BCUT2D eigenvalue weighted by Gasteiger charge is -1.98. The van der Waals surface area contributed by atoms with Crippen LogP contribution in [0.3, 0.4) is 0 Å². The van der Waals surface area contributed by atoms with Gasteiger partial charge in [0.25, 0.3) is 5.56 Å². The summed E-state index contributed by atoms with van der Waals surface area (Å²) < 4.78 is 0. The summed E-state index contributed by atoms with van der Waals surface area (Å²) in [5.74, 6) is 0. The second-order valence-corrected chi connectivity index (χ2v) is 3.50. The van der Waals surface area contributed by atoms with E-state index in [0.717, 1.165) is 10.4 Å². The van der Waals surface area contributed by atoms with E-state index in [1.54, 1.807) is 11.8 Å². The van der Waals surface area contributed by atoms with E-state index >= 15 is 0 Å². The first kappa shape index (κ1) is 8.31. The van der Waals surface area contributed by atoms with Gasteiger partial charge in [-0.1, -0.05) is 0 Å². The van der Waals surface area contributed by atoms with E-state index in [1.165, 1.54) is 6.33 Å². The van der Waals surface area contributed by atoms with Crippen LogP contribution in [0.1, 0.15) is 0 Å². The van der Waals surface area contributed by atoms with E-state index in [0.29, 0.717) is 5.39 Å². The fourth-order valence-corrected chi connectivity index (χ4v) is 1.62. The number of benzene rings is 1. The number of rotatable bonds is 1. The molecule has 2 aromatic rings. The highest BCUT2D eigenvalue weighted by Gasteiger charge is 1.99. The Morgan fingerprint density at radius 3 is 3.08 bits per heavy atom. The molecule has 13 heavy (non-hydrogen) atoms. The molecular weight excluding hydrogens is 184 g/mol. The van der Waals surface area contributed by atoms with Gasteiger partial charge in [0.2, 0.25) is 0 Å². The molecule has 0 aliphatic rings. The lowest BCUT2D eigenvalue weighted by atomic mass is 10.2. The van der Waals surface area contributed by atoms with Gasteiger partial charge in [0.1, 0.15) is 0 Å². The minimum absolute atomic E-state index is 0.176. The maximum absolute atomic E-state index is 11.3. The second-order valence-electron chi connectivity index (χ2n) is 2.62. The van der Waals surface area contributed by atoms with E-state index in [2.05, 4.69) is 9.97 Å². The Bertz CT molecular complexity index is 492. The monoisotopic (exact) mass is 192 g/mol.